The molecule has 5 aromatic rings. The van der Waals surface area contributed by atoms with Crippen molar-refractivity contribution in [3.63, 3.8) is 0 Å². The Morgan fingerprint density at radius 2 is 1.54 bits per heavy atom. The third-order valence-corrected chi connectivity index (χ3v) is 7.92. The maximum atomic E-state index is 15.8. The zero-order chi connectivity index (χ0) is 26.2. The first-order chi connectivity index (χ1) is 17.7. The molecule has 6 nitrogen and oxygen atoms in total. The van der Waals surface area contributed by atoms with Crippen LogP contribution in [0.1, 0.15) is 0 Å². The Kier molecular flexibility index (Phi) is 6.67. The Morgan fingerprint density at radius 1 is 0.838 bits per heavy atom. The molecule has 5 rings (SSSR count). The molecular formula is C25H14ClF3N4O2S2. The monoisotopic (exact) mass is 558 g/mol. The van der Waals surface area contributed by atoms with Crippen molar-refractivity contribution in [2.75, 3.05) is 4.72 Å². The maximum absolute atomic E-state index is 15.8. The van der Waals surface area contributed by atoms with Gasteiger partial charge in [-0.1, -0.05) is 42.5 Å². The molecule has 0 aliphatic rings. The minimum Gasteiger partial charge on any atom is -0.276 e. The Hall–Kier alpha value is -3.80. The van der Waals surface area contributed by atoms with Gasteiger partial charge in [0.25, 0.3) is 10.0 Å². The first-order valence-electron chi connectivity index (χ1n) is 10.6. The molecule has 0 radical (unpaired) electrons. The molecule has 37 heavy (non-hydrogen) atoms. The van der Waals surface area contributed by atoms with E-state index >= 15 is 4.39 Å². The fourth-order valence-electron chi connectivity index (χ4n) is 3.57. The number of halogens is 4. The zero-order valence-electron chi connectivity index (χ0n) is 18.5. The number of aromatic nitrogens is 3. The van der Waals surface area contributed by atoms with E-state index in [-0.39, 0.29) is 16.5 Å². The Balaban J connectivity index is 1.64. The average molecular weight is 559 g/mol. The Bertz CT molecular complexity index is 1710. The molecule has 2 heterocycles. The summed E-state index contributed by atoms with van der Waals surface area (Å²) in [6, 6.07) is 17.3. The van der Waals surface area contributed by atoms with Crippen LogP contribution in [-0.2, 0) is 10.0 Å². The van der Waals surface area contributed by atoms with Gasteiger partial charge in [0.05, 0.1) is 22.0 Å². The van der Waals surface area contributed by atoms with Crippen LogP contribution in [0.2, 0.25) is 5.28 Å². The van der Waals surface area contributed by atoms with Gasteiger partial charge in [0.2, 0.25) is 5.28 Å². The van der Waals surface area contributed by atoms with E-state index in [2.05, 4.69) is 15.0 Å². The molecular weight excluding hydrogens is 545 g/mol. The lowest BCUT2D eigenvalue weighted by atomic mass is 10.1. The summed E-state index contributed by atoms with van der Waals surface area (Å²) in [7, 11) is -4.80. The molecule has 0 aliphatic carbocycles. The van der Waals surface area contributed by atoms with Gasteiger partial charge in [0.1, 0.15) is 16.6 Å². The Labute approximate surface area is 218 Å². The average Bonchev–Trinajstić information content (AvgIpc) is 3.31. The van der Waals surface area contributed by atoms with Gasteiger partial charge in [-0.3, -0.25) is 4.72 Å². The molecule has 0 fully saturated rings. The number of benzene rings is 3. The van der Waals surface area contributed by atoms with E-state index in [9.17, 15) is 17.2 Å². The van der Waals surface area contributed by atoms with Crippen LogP contribution in [0.15, 0.2) is 83.9 Å². The summed E-state index contributed by atoms with van der Waals surface area (Å²) in [5.41, 5.74) is 0.758. The first-order valence-corrected chi connectivity index (χ1v) is 13.2. The van der Waals surface area contributed by atoms with Gasteiger partial charge in [-0.05, 0) is 41.9 Å². The van der Waals surface area contributed by atoms with E-state index in [1.807, 2.05) is 35.1 Å². The summed E-state index contributed by atoms with van der Waals surface area (Å²) in [6.45, 7) is 0. The number of thiazole rings is 1. The lowest BCUT2D eigenvalue weighted by molar-refractivity contribution is 0.521. The van der Waals surface area contributed by atoms with E-state index < -0.39 is 38.1 Å². The number of rotatable bonds is 6. The minimum atomic E-state index is -4.80. The second kappa shape index (κ2) is 9.92. The van der Waals surface area contributed by atoms with Crippen LogP contribution >= 0.6 is 22.9 Å². The number of nitrogens with one attached hydrogen (secondary N) is 1. The van der Waals surface area contributed by atoms with Gasteiger partial charge < -0.3 is 0 Å². The van der Waals surface area contributed by atoms with Crippen LogP contribution in [-0.4, -0.2) is 23.4 Å². The third kappa shape index (κ3) is 4.93. The molecule has 0 spiro atoms. The fraction of sp³-hybridized carbons (Fsp3) is 0. The molecule has 0 amide bonds. The first kappa shape index (κ1) is 24.9. The lowest BCUT2D eigenvalue weighted by Gasteiger charge is -2.12. The number of hydrogen-bond acceptors (Lipinski definition) is 6. The third-order valence-electron chi connectivity index (χ3n) is 5.19. The SMILES string of the molecule is O=S(=O)(Nc1cccc(-c2nc(-c3ccccc3)sc2-c2ccnc(Cl)n2)c1F)c1c(F)cccc1F. The van der Waals surface area contributed by atoms with Gasteiger partial charge in [0, 0.05) is 17.3 Å². The maximum Gasteiger partial charge on any atom is 0.267 e. The van der Waals surface area contributed by atoms with Gasteiger partial charge in [-0.15, -0.1) is 11.3 Å². The fourth-order valence-corrected chi connectivity index (χ4v) is 5.97. The van der Waals surface area contributed by atoms with Crippen molar-refractivity contribution in [2.24, 2.45) is 0 Å². The van der Waals surface area contributed by atoms with E-state index in [1.54, 1.807) is 6.07 Å². The summed E-state index contributed by atoms with van der Waals surface area (Å²) in [5, 5.41) is 0.533. The van der Waals surface area contributed by atoms with Gasteiger partial charge in [-0.2, -0.15) is 0 Å². The van der Waals surface area contributed by atoms with Crippen molar-refractivity contribution in [3.05, 3.63) is 102 Å². The molecule has 0 unspecified atom stereocenters. The highest BCUT2D eigenvalue weighted by Crippen LogP contribution is 2.42. The number of sulfonamides is 1. The highest BCUT2D eigenvalue weighted by atomic mass is 35.5. The highest BCUT2D eigenvalue weighted by molar-refractivity contribution is 7.92. The van der Waals surface area contributed by atoms with Crippen LogP contribution in [0, 0.1) is 17.5 Å². The molecule has 2 aromatic heterocycles. The number of anilines is 1. The normalized spacial score (nSPS) is 11.5. The molecule has 0 atom stereocenters. The topological polar surface area (TPSA) is 84.8 Å². The Morgan fingerprint density at radius 3 is 2.24 bits per heavy atom. The van der Waals surface area contributed by atoms with E-state index in [1.165, 1.54) is 29.7 Å². The standard InChI is InChI=1S/C25H14ClF3N4O2S2/c26-25-30-13-12-19(31-25)22-21(32-24(36-22)14-6-2-1-3-7-14)15-8-4-11-18(20(15)29)33-37(34,35)23-16(27)9-5-10-17(23)28/h1-13,33H. The van der Waals surface area contributed by atoms with E-state index in [0.717, 1.165) is 29.8 Å². The van der Waals surface area contributed by atoms with Gasteiger partial charge in [-0.25, -0.2) is 36.5 Å². The second-order valence-electron chi connectivity index (χ2n) is 7.60. The van der Waals surface area contributed by atoms with Crippen molar-refractivity contribution >= 4 is 38.6 Å². The van der Waals surface area contributed by atoms with Crippen LogP contribution < -0.4 is 4.72 Å². The quantitative estimate of drug-likeness (QED) is 0.232. The zero-order valence-corrected chi connectivity index (χ0v) is 20.9. The van der Waals surface area contributed by atoms with Crippen molar-refractivity contribution < 1.29 is 21.6 Å². The van der Waals surface area contributed by atoms with Crippen molar-refractivity contribution in [1.29, 1.82) is 0 Å². The van der Waals surface area contributed by atoms with Crippen LogP contribution in [0.3, 0.4) is 0 Å². The van der Waals surface area contributed by atoms with Gasteiger partial charge in [0.15, 0.2) is 10.7 Å². The number of hydrogen-bond donors (Lipinski definition) is 1. The van der Waals surface area contributed by atoms with Crippen LogP contribution in [0.25, 0.3) is 32.4 Å². The largest absolute Gasteiger partial charge is 0.276 e. The van der Waals surface area contributed by atoms with E-state index in [4.69, 9.17) is 11.6 Å². The van der Waals surface area contributed by atoms with Crippen LogP contribution in [0.4, 0.5) is 18.9 Å². The molecule has 1 N–H and O–H groups in total. The minimum absolute atomic E-state index is 0.0213. The predicted octanol–water partition coefficient (Wildman–Crippen LogP) is 6.81. The summed E-state index contributed by atoms with van der Waals surface area (Å²) in [6.07, 6.45) is 1.44. The molecule has 0 bridgehead atoms. The molecule has 12 heteroatoms. The predicted molar refractivity (Wildman–Crippen MR) is 136 cm³/mol. The van der Waals surface area contributed by atoms with Crippen molar-refractivity contribution in [1.82, 2.24) is 15.0 Å². The van der Waals surface area contributed by atoms with E-state index in [0.29, 0.717) is 15.6 Å². The molecule has 186 valence electrons. The van der Waals surface area contributed by atoms with Crippen LogP contribution in [0.5, 0.6) is 0 Å². The second-order valence-corrected chi connectivity index (χ2v) is 10.6. The summed E-state index contributed by atoms with van der Waals surface area (Å²) < 4.78 is 71.5. The number of nitrogens with zero attached hydrogens (tertiary/aromatic N) is 3. The smallest absolute Gasteiger partial charge is 0.267 e. The lowest BCUT2D eigenvalue weighted by Crippen LogP contribution is -2.17. The summed E-state index contributed by atoms with van der Waals surface area (Å²) in [5.74, 6) is -3.60. The molecule has 0 saturated carbocycles. The molecule has 0 saturated heterocycles. The summed E-state index contributed by atoms with van der Waals surface area (Å²) >= 11 is 7.21. The van der Waals surface area contributed by atoms with Crippen molar-refractivity contribution in [3.8, 4) is 32.4 Å². The molecule has 3 aromatic carbocycles. The summed E-state index contributed by atoms with van der Waals surface area (Å²) in [4.78, 5) is 12.0. The van der Waals surface area contributed by atoms with Crippen molar-refractivity contribution in [2.45, 2.75) is 4.90 Å². The molecule has 0 aliphatic heterocycles. The van der Waals surface area contributed by atoms with Gasteiger partial charge >= 0.3 is 0 Å². The highest BCUT2D eigenvalue weighted by Gasteiger charge is 2.27.